The van der Waals surface area contributed by atoms with Crippen molar-refractivity contribution < 1.29 is 10.2 Å². The third-order valence-electron chi connectivity index (χ3n) is 3.29. The Morgan fingerprint density at radius 1 is 1.00 bits per heavy atom. The molecule has 1 aromatic heterocycles. The third-order valence-corrected chi connectivity index (χ3v) is 3.29. The van der Waals surface area contributed by atoms with Gasteiger partial charge in [0.1, 0.15) is 6.33 Å². The molecule has 0 radical (unpaired) electrons. The number of rotatable bonds is 2. The molecule has 1 heterocycles. The zero-order chi connectivity index (χ0) is 16.4. The van der Waals surface area contributed by atoms with Crippen molar-refractivity contribution in [3.8, 4) is 28.3 Å². The summed E-state index contributed by atoms with van der Waals surface area (Å²) in [7, 11) is 0. The van der Waals surface area contributed by atoms with Crippen LogP contribution in [0.1, 0.15) is 0 Å². The Kier molecular flexibility index (Phi) is 3.65. The number of aromatic nitrogens is 3. The molecular formula is C15H13N5O3. The first kappa shape index (κ1) is 14.5. The average Bonchev–Trinajstić information content (AvgIpc) is 2.54. The molecule has 4 rings (SSSR count). The highest BCUT2D eigenvalue weighted by Crippen LogP contribution is 2.29. The van der Waals surface area contributed by atoms with E-state index in [1.807, 2.05) is 0 Å². The minimum Gasteiger partial charge on any atom is -0.504 e. The maximum atomic E-state index is 11.6. The number of nitrogens with one attached hydrogen (secondary N) is 1. The number of phenolic OH excluding ortho intramolecular Hbond substituents is 2. The highest BCUT2D eigenvalue weighted by molar-refractivity contribution is 5.75. The summed E-state index contributed by atoms with van der Waals surface area (Å²) in [5, 5.41) is 18.5. The van der Waals surface area contributed by atoms with Gasteiger partial charge in [0, 0.05) is 6.07 Å². The van der Waals surface area contributed by atoms with Crippen molar-refractivity contribution in [1.29, 1.82) is 0 Å². The van der Waals surface area contributed by atoms with Crippen LogP contribution in [0.15, 0.2) is 53.6 Å². The predicted octanol–water partition coefficient (Wildman–Crippen LogP) is 0.991. The quantitative estimate of drug-likeness (QED) is 0.247. The predicted molar refractivity (Wildman–Crippen MR) is 84.2 cm³/mol. The van der Waals surface area contributed by atoms with Crippen molar-refractivity contribution in [3.05, 3.63) is 59.3 Å². The van der Waals surface area contributed by atoms with Crippen molar-refractivity contribution in [2.24, 2.45) is 5.84 Å². The number of aromatic hydroxyl groups is 2. The molecule has 116 valence electrons. The number of hydrogen-bond donors (Lipinski definition) is 4. The Bertz CT molecular complexity index is 885. The van der Waals surface area contributed by atoms with Gasteiger partial charge < -0.3 is 10.2 Å². The number of fused-ring (bicyclic) bond motifs is 1. The van der Waals surface area contributed by atoms with Gasteiger partial charge in [0.05, 0.1) is 5.69 Å². The lowest BCUT2D eigenvalue weighted by molar-refractivity contribution is 0.403. The maximum Gasteiger partial charge on any atom is 0.356 e. The first-order chi connectivity index (χ1) is 11.1. The number of nitrogen functional groups attached to an aromatic ring is 1. The van der Waals surface area contributed by atoms with Crippen LogP contribution < -0.4 is 17.0 Å². The second-order valence-corrected chi connectivity index (χ2v) is 4.73. The van der Waals surface area contributed by atoms with E-state index in [1.54, 1.807) is 0 Å². The summed E-state index contributed by atoms with van der Waals surface area (Å²) in [5.41, 5.74) is 4.71. The summed E-state index contributed by atoms with van der Waals surface area (Å²) in [4.78, 5) is 18.9. The highest BCUT2D eigenvalue weighted by atomic mass is 16.3. The molecule has 0 amide bonds. The fourth-order valence-electron chi connectivity index (χ4n) is 1.91. The summed E-state index contributed by atoms with van der Waals surface area (Å²) in [6.45, 7) is 0. The first-order valence-electron chi connectivity index (χ1n) is 6.63. The molecule has 0 fully saturated rings. The standard InChI is InChI=1S/C9H9N5O3.C6H4/c10-13-8-11-4-14(9(17)12-8)5-1-2-6(15)7(16)3-5;1-2-6-4-3-5(1)6/h1-4,15-16H,10H2,(H,12,13,17);1-4H. The second kappa shape index (κ2) is 5.78. The summed E-state index contributed by atoms with van der Waals surface area (Å²) in [5.74, 6) is 4.44. The fraction of sp³-hybridized carbons (Fsp3) is 0. The van der Waals surface area contributed by atoms with Crippen molar-refractivity contribution in [3.63, 3.8) is 0 Å². The summed E-state index contributed by atoms with van der Waals surface area (Å²) >= 11 is 0. The second-order valence-electron chi connectivity index (χ2n) is 4.73. The first-order valence-corrected chi connectivity index (χ1v) is 6.63. The number of hydrogen-bond acceptors (Lipinski definition) is 7. The molecule has 0 unspecified atom stereocenters. The number of anilines is 1. The molecule has 2 aliphatic rings. The lowest BCUT2D eigenvalue weighted by Gasteiger charge is -2.10. The Hall–Kier alpha value is -3.39. The number of nitrogens with zero attached hydrogens (tertiary/aromatic N) is 3. The molecule has 2 aromatic rings. The monoisotopic (exact) mass is 311 g/mol. The van der Waals surface area contributed by atoms with E-state index in [4.69, 9.17) is 10.9 Å². The Balaban J connectivity index is 0.000000213. The molecule has 0 spiro atoms. The molecule has 23 heavy (non-hydrogen) atoms. The normalized spacial score (nSPS) is 10.5. The van der Waals surface area contributed by atoms with Crippen LogP contribution in [0.4, 0.5) is 5.95 Å². The molecule has 0 atom stereocenters. The van der Waals surface area contributed by atoms with Crippen molar-refractivity contribution in [2.45, 2.75) is 0 Å². The van der Waals surface area contributed by atoms with Gasteiger partial charge in [-0.25, -0.2) is 15.6 Å². The molecule has 0 saturated carbocycles. The van der Waals surface area contributed by atoms with E-state index in [0.29, 0.717) is 5.69 Å². The minimum absolute atomic E-state index is 0.00532. The van der Waals surface area contributed by atoms with Gasteiger partial charge in [-0.2, -0.15) is 4.98 Å². The SMILES string of the molecule is NNc1ncn(-c2ccc(O)c(O)c2)c(=O)n1.c1cc2ccc1-2. The number of phenols is 2. The lowest BCUT2D eigenvalue weighted by atomic mass is 9.95. The maximum absolute atomic E-state index is 11.6. The van der Waals surface area contributed by atoms with Crippen LogP contribution >= 0.6 is 0 Å². The smallest absolute Gasteiger partial charge is 0.356 e. The molecule has 5 N–H and O–H groups in total. The van der Waals surface area contributed by atoms with E-state index < -0.39 is 5.69 Å². The van der Waals surface area contributed by atoms with Gasteiger partial charge in [0.25, 0.3) is 0 Å². The molecule has 8 heteroatoms. The van der Waals surface area contributed by atoms with Gasteiger partial charge in [0.15, 0.2) is 11.5 Å². The summed E-state index contributed by atoms with van der Waals surface area (Å²) in [6, 6.07) is 12.4. The van der Waals surface area contributed by atoms with Gasteiger partial charge in [-0.15, -0.1) is 0 Å². The third kappa shape index (κ3) is 2.83. The molecule has 0 bridgehead atoms. The van der Waals surface area contributed by atoms with Gasteiger partial charge in [0.2, 0.25) is 5.95 Å². The van der Waals surface area contributed by atoms with E-state index >= 15 is 0 Å². The van der Waals surface area contributed by atoms with Gasteiger partial charge >= 0.3 is 5.69 Å². The Morgan fingerprint density at radius 2 is 1.65 bits per heavy atom. The zero-order valence-electron chi connectivity index (χ0n) is 11.8. The molecule has 8 nitrogen and oxygen atoms in total. The number of benzene rings is 2. The average molecular weight is 311 g/mol. The van der Waals surface area contributed by atoms with E-state index in [-0.39, 0.29) is 17.4 Å². The Morgan fingerprint density at radius 3 is 2.09 bits per heavy atom. The van der Waals surface area contributed by atoms with Crippen LogP contribution in [-0.2, 0) is 0 Å². The largest absolute Gasteiger partial charge is 0.504 e. The van der Waals surface area contributed by atoms with Crippen molar-refractivity contribution in [2.75, 3.05) is 5.43 Å². The van der Waals surface area contributed by atoms with Crippen LogP contribution in [0.5, 0.6) is 11.5 Å². The Labute approximate surface area is 130 Å². The molecule has 0 saturated heterocycles. The van der Waals surface area contributed by atoms with Crippen LogP contribution in [-0.4, -0.2) is 24.7 Å². The zero-order valence-corrected chi connectivity index (χ0v) is 11.8. The molecule has 2 aliphatic carbocycles. The summed E-state index contributed by atoms with van der Waals surface area (Å²) < 4.78 is 1.10. The number of hydrazine groups is 1. The van der Waals surface area contributed by atoms with E-state index in [9.17, 15) is 9.90 Å². The van der Waals surface area contributed by atoms with E-state index in [2.05, 4.69) is 39.7 Å². The van der Waals surface area contributed by atoms with Gasteiger partial charge in [-0.05, 0) is 23.3 Å². The highest BCUT2D eigenvalue weighted by Gasteiger charge is 2.06. The van der Waals surface area contributed by atoms with Crippen molar-refractivity contribution in [1.82, 2.24) is 14.5 Å². The summed E-state index contributed by atoms with van der Waals surface area (Å²) in [6.07, 6.45) is 1.20. The van der Waals surface area contributed by atoms with Crippen LogP contribution in [0, 0.1) is 0 Å². The lowest BCUT2D eigenvalue weighted by Crippen LogP contribution is -2.24. The molecule has 1 aromatic carbocycles. The van der Waals surface area contributed by atoms with E-state index in [0.717, 1.165) is 4.57 Å². The van der Waals surface area contributed by atoms with Crippen LogP contribution in [0.2, 0.25) is 0 Å². The number of nitrogens with two attached hydrogens (primary N) is 1. The van der Waals surface area contributed by atoms with Gasteiger partial charge in [-0.1, -0.05) is 24.3 Å². The minimum atomic E-state index is -0.613. The van der Waals surface area contributed by atoms with Crippen LogP contribution in [0.3, 0.4) is 0 Å². The topological polar surface area (TPSA) is 126 Å². The molecular weight excluding hydrogens is 298 g/mol. The van der Waals surface area contributed by atoms with Crippen LogP contribution in [0.25, 0.3) is 16.8 Å². The van der Waals surface area contributed by atoms with E-state index in [1.165, 1.54) is 35.7 Å². The fourth-order valence-corrected chi connectivity index (χ4v) is 1.91. The molecule has 0 aliphatic heterocycles. The van der Waals surface area contributed by atoms with Gasteiger partial charge in [-0.3, -0.25) is 9.99 Å². The van der Waals surface area contributed by atoms with Crippen molar-refractivity contribution >= 4 is 5.95 Å².